The minimum Gasteiger partial charge on any atom is -0.450 e. The lowest BCUT2D eigenvalue weighted by atomic mass is 10.2. The lowest BCUT2D eigenvalue weighted by Crippen LogP contribution is -1.99. The van der Waals surface area contributed by atoms with Crippen molar-refractivity contribution in [3.05, 3.63) is 47.8 Å². The summed E-state index contributed by atoms with van der Waals surface area (Å²) in [6, 6.07) is 5.44. The third-order valence-corrected chi connectivity index (χ3v) is 2.25. The first-order valence-corrected chi connectivity index (χ1v) is 4.92. The molecule has 0 fully saturated rings. The van der Waals surface area contributed by atoms with E-state index in [-0.39, 0.29) is 11.4 Å². The van der Waals surface area contributed by atoms with Crippen molar-refractivity contribution in [3.63, 3.8) is 0 Å². The quantitative estimate of drug-likeness (QED) is 0.815. The van der Waals surface area contributed by atoms with Crippen LogP contribution in [-0.4, -0.2) is 4.98 Å². The van der Waals surface area contributed by atoms with Gasteiger partial charge in [0.15, 0.2) is 11.6 Å². The van der Waals surface area contributed by atoms with Crippen LogP contribution < -0.4 is 10.5 Å². The minimum absolute atomic E-state index is 0.0344. The highest BCUT2D eigenvalue weighted by Gasteiger charge is 2.15. The molecular formula is C12H10F2N2O. The smallest absolute Gasteiger partial charge is 0.203 e. The maximum atomic E-state index is 13.5. The number of nitrogens with two attached hydrogens (primary N) is 1. The molecule has 2 aromatic rings. The Balaban J connectivity index is 2.43. The number of hydrogen-bond acceptors (Lipinski definition) is 3. The Kier molecular flexibility index (Phi) is 2.91. The fraction of sp³-hybridized carbons (Fsp3) is 0.0833. The standard InChI is InChI=1S/C12H10F2N2O/c1-7-10(3-2-6-16-7)17-12-9(15)5-4-8(13)11(12)14/h2-6H,15H2,1H3. The maximum Gasteiger partial charge on any atom is 0.203 e. The van der Waals surface area contributed by atoms with Crippen LogP contribution in [0.4, 0.5) is 14.5 Å². The zero-order chi connectivity index (χ0) is 12.4. The predicted molar refractivity (Wildman–Crippen MR) is 59.8 cm³/mol. The number of nitrogens with zero attached hydrogens (tertiary/aromatic N) is 1. The number of hydrogen-bond donors (Lipinski definition) is 1. The Morgan fingerprint density at radius 2 is 2.00 bits per heavy atom. The first-order valence-electron chi connectivity index (χ1n) is 4.92. The molecule has 0 aliphatic rings. The average Bonchev–Trinajstić information content (AvgIpc) is 2.32. The summed E-state index contributed by atoms with van der Waals surface area (Å²) in [4.78, 5) is 3.98. The highest BCUT2D eigenvalue weighted by atomic mass is 19.2. The van der Waals surface area contributed by atoms with Crippen molar-refractivity contribution in [1.29, 1.82) is 0 Å². The second kappa shape index (κ2) is 4.37. The number of ether oxygens (including phenoxy) is 1. The van der Waals surface area contributed by atoms with E-state index >= 15 is 0 Å². The average molecular weight is 236 g/mol. The molecule has 1 heterocycles. The molecule has 2 N–H and O–H groups in total. The topological polar surface area (TPSA) is 48.1 Å². The number of anilines is 1. The van der Waals surface area contributed by atoms with E-state index in [0.29, 0.717) is 11.4 Å². The molecule has 3 nitrogen and oxygen atoms in total. The van der Waals surface area contributed by atoms with Crippen molar-refractivity contribution in [2.24, 2.45) is 0 Å². The molecular weight excluding hydrogens is 226 g/mol. The summed E-state index contributed by atoms with van der Waals surface area (Å²) in [5.74, 6) is -2.09. The first kappa shape index (κ1) is 11.3. The van der Waals surface area contributed by atoms with Crippen molar-refractivity contribution in [3.8, 4) is 11.5 Å². The van der Waals surface area contributed by atoms with Crippen LogP contribution in [0.25, 0.3) is 0 Å². The molecule has 0 spiro atoms. The van der Waals surface area contributed by atoms with Crippen LogP contribution in [0, 0.1) is 18.6 Å². The third kappa shape index (κ3) is 2.18. The summed E-state index contributed by atoms with van der Waals surface area (Å²) in [5, 5.41) is 0. The van der Waals surface area contributed by atoms with Gasteiger partial charge in [-0.05, 0) is 31.2 Å². The van der Waals surface area contributed by atoms with Gasteiger partial charge < -0.3 is 10.5 Å². The Bertz CT molecular complexity index is 558. The predicted octanol–water partition coefficient (Wildman–Crippen LogP) is 3.04. The van der Waals surface area contributed by atoms with Gasteiger partial charge in [-0.15, -0.1) is 0 Å². The van der Waals surface area contributed by atoms with Crippen LogP contribution in [0.2, 0.25) is 0 Å². The highest BCUT2D eigenvalue weighted by Crippen LogP contribution is 2.32. The van der Waals surface area contributed by atoms with E-state index in [1.807, 2.05) is 0 Å². The van der Waals surface area contributed by atoms with Crippen molar-refractivity contribution in [2.75, 3.05) is 5.73 Å². The summed E-state index contributed by atoms with van der Waals surface area (Å²) < 4.78 is 31.8. The number of nitrogen functional groups attached to an aromatic ring is 1. The van der Waals surface area contributed by atoms with Crippen LogP contribution in [0.5, 0.6) is 11.5 Å². The second-order valence-electron chi connectivity index (χ2n) is 3.47. The van der Waals surface area contributed by atoms with Gasteiger partial charge in [0.25, 0.3) is 0 Å². The molecule has 2 rings (SSSR count). The van der Waals surface area contributed by atoms with E-state index in [1.165, 1.54) is 6.07 Å². The fourth-order valence-electron chi connectivity index (χ4n) is 1.34. The minimum atomic E-state index is -1.10. The molecule has 5 heteroatoms. The molecule has 0 aliphatic carbocycles. The van der Waals surface area contributed by atoms with Gasteiger partial charge in [-0.1, -0.05) is 0 Å². The van der Waals surface area contributed by atoms with Crippen LogP contribution in [-0.2, 0) is 0 Å². The number of pyridine rings is 1. The van der Waals surface area contributed by atoms with Gasteiger partial charge in [0.2, 0.25) is 5.82 Å². The summed E-state index contributed by atoms with van der Waals surface area (Å²) in [6.45, 7) is 1.70. The summed E-state index contributed by atoms with van der Waals surface area (Å²) in [5.41, 5.74) is 6.14. The summed E-state index contributed by atoms with van der Waals surface area (Å²) in [7, 11) is 0. The zero-order valence-electron chi connectivity index (χ0n) is 9.08. The maximum absolute atomic E-state index is 13.5. The zero-order valence-corrected chi connectivity index (χ0v) is 9.08. The molecule has 1 aromatic heterocycles. The molecule has 88 valence electrons. The van der Waals surface area contributed by atoms with Crippen LogP contribution in [0.1, 0.15) is 5.69 Å². The van der Waals surface area contributed by atoms with Gasteiger partial charge in [0, 0.05) is 6.20 Å². The number of halogens is 2. The van der Waals surface area contributed by atoms with Crippen LogP contribution in [0.3, 0.4) is 0 Å². The number of rotatable bonds is 2. The van der Waals surface area contributed by atoms with Crippen molar-refractivity contribution in [2.45, 2.75) is 6.92 Å². The lowest BCUT2D eigenvalue weighted by Gasteiger charge is -2.10. The van der Waals surface area contributed by atoms with E-state index in [2.05, 4.69) is 4.98 Å². The highest BCUT2D eigenvalue weighted by molar-refractivity contribution is 5.55. The van der Waals surface area contributed by atoms with E-state index in [4.69, 9.17) is 10.5 Å². The van der Waals surface area contributed by atoms with E-state index in [0.717, 1.165) is 6.07 Å². The van der Waals surface area contributed by atoms with E-state index < -0.39 is 11.6 Å². The molecule has 0 atom stereocenters. The number of benzene rings is 1. The normalized spacial score (nSPS) is 10.3. The number of aromatic nitrogens is 1. The molecule has 0 saturated carbocycles. The molecule has 1 aromatic carbocycles. The monoisotopic (exact) mass is 236 g/mol. The van der Waals surface area contributed by atoms with Gasteiger partial charge in [-0.3, -0.25) is 4.98 Å². The third-order valence-electron chi connectivity index (χ3n) is 2.25. The SMILES string of the molecule is Cc1ncccc1Oc1c(N)ccc(F)c1F. The lowest BCUT2D eigenvalue weighted by molar-refractivity contribution is 0.415. The molecule has 0 unspecified atom stereocenters. The fourth-order valence-corrected chi connectivity index (χ4v) is 1.34. The Morgan fingerprint density at radius 3 is 2.71 bits per heavy atom. The van der Waals surface area contributed by atoms with Crippen LogP contribution in [0.15, 0.2) is 30.5 Å². The first-order chi connectivity index (χ1) is 8.09. The molecule has 17 heavy (non-hydrogen) atoms. The van der Waals surface area contributed by atoms with E-state index in [1.54, 1.807) is 25.3 Å². The molecule has 0 aliphatic heterocycles. The van der Waals surface area contributed by atoms with Gasteiger partial charge in [-0.25, -0.2) is 4.39 Å². The van der Waals surface area contributed by atoms with Crippen molar-refractivity contribution in [1.82, 2.24) is 4.98 Å². The Hall–Kier alpha value is -2.17. The summed E-state index contributed by atoms with van der Waals surface area (Å²) in [6.07, 6.45) is 1.58. The Morgan fingerprint density at radius 1 is 1.24 bits per heavy atom. The van der Waals surface area contributed by atoms with Crippen molar-refractivity contribution >= 4 is 5.69 Å². The summed E-state index contributed by atoms with van der Waals surface area (Å²) >= 11 is 0. The van der Waals surface area contributed by atoms with E-state index in [9.17, 15) is 8.78 Å². The molecule has 0 bridgehead atoms. The van der Waals surface area contributed by atoms with Crippen LogP contribution >= 0.6 is 0 Å². The molecule has 0 amide bonds. The molecule has 0 saturated heterocycles. The van der Waals surface area contributed by atoms with Gasteiger partial charge in [0.1, 0.15) is 5.75 Å². The Labute approximate surface area is 96.9 Å². The van der Waals surface area contributed by atoms with Gasteiger partial charge in [-0.2, -0.15) is 4.39 Å². The van der Waals surface area contributed by atoms with Gasteiger partial charge in [0.05, 0.1) is 11.4 Å². The van der Waals surface area contributed by atoms with Gasteiger partial charge >= 0.3 is 0 Å². The van der Waals surface area contributed by atoms with Crippen molar-refractivity contribution < 1.29 is 13.5 Å². The largest absolute Gasteiger partial charge is 0.450 e. The molecule has 0 radical (unpaired) electrons. The second-order valence-corrected chi connectivity index (χ2v) is 3.47. The number of aryl methyl sites for hydroxylation is 1.